The minimum Gasteiger partial charge on any atom is -0.490 e. The summed E-state index contributed by atoms with van der Waals surface area (Å²) in [6.45, 7) is 3.83. The van der Waals surface area contributed by atoms with Gasteiger partial charge in [0.25, 0.3) is 5.89 Å². The molecule has 7 nitrogen and oxygen atoms in total. The highest BCUT2D eigenvalue weighted by Crippen LogP contribution is 2.33. The second-order valence-corrected chi connectivity index (χ2v) is 6.96. The first-order chi connectivity index (χ1) is 14.1. The molecular formula is C22H20N4O3. The molecule has 1 aromatic heterocycles. The van der Waals surface area contributed by atoms with Gasteiger partial charge in [0.1, 0.15) is 18.9 Å². The van der Waals surface area contributed by atoms with Crippen LogP contribution in [-0.4, -0.2) is 29.1 Å². The fourth-order valence-corrected chi connectivity index (χ4v) is 3.48. The van der Waals surface area contributed by atoms with E-state index in [2.05, 4.69) is 21.4 Å². The van der Waals surface area contributed by atoms with Crippen molar-refractivity contribution >= 4 is 5.71 Å². The van der Waals surface area contributed by atoms with Gasteiger partial charge in [-0.3, -0.25) is 0 Å². The van der Waals surface area contributed by atoms with Gasteiger partial charge >= 0.3 is 0 Å². The average Bonchev–Trinajstić information content (AvgIpc) is 3.36. The van der Waals surface area contributed by atoms with Gasteiger partial charge in [0.05, 0.1) is 17.4 Å². The molecule has 7 heteroatoms. The molecule has 0 unspecified atom stereocenters. The number of ether oxygens (including phenoxy) is 1. The predicted molar refractivity (Wildman–Crippen MR) is 108 cm³/mol. The number of fused-ring (bicyclic) bond motifs is 1. The second-order valence-electron chi connectivity index (χ2n) is 6.96. The lowest BCUT2D eigenvalue weighted by atomic mass is 10.0. The van der Waals surface area contributed by atoms with E-state index < -0.39 is 0 Å². The van der Waals surface area contributed by atoms with Gasteiger partial charge in [0.2, 0.25) is 5.82 Å². The van der Waals surface area contributed by atoms with Crippen molar-refractivity contribution in [3.63, 3.8) is 0 Å². The van der Waals surface area contributed by atoms with Crippen molar-refractivity contribution in [2.75, 3.05) is 7.11 Å². The monoisotopic (exact) mass is 388 g/mol. The van der Waals surface area contributed by atoms with Crippen molar-refractivity contribution in [3.05, 3.63) is 53.1 Å². The molecule has 0 N–H and O–H groups in total. The van der Waals surface area contributed by atoms with Gasteiger partial charge in [-0.25, -0.2) is 0 Å². The largest absolute Gasteiger partial charge is 0.490 e. The molecule has 0 saturated heterocycles. The molecule has 29 heavy (non-hydrogen) atoms. The number of oxime groups is 1. The summed E-state index contributed by atoms with van der Waals surface area (Å²) in [7, 11) is 1.55. The summed E-state index contributed by atoms with van der Waals surface area (Å²) in [5, 5.41) is 17.7. The molecule has 0 bridgehead atoms. The molecule has 0 radical (unpaired) electrons. The van der Waals surface area contributed by atoms with Gasteiger partial charge < -0.3 is 14.1 Å². The Hall–Kier alpha value is -3.66. The minimum atomic E-state index is -0.0188. The maximum Gasteiger partial charge on any atom is 0.258 e. The lowest BCUT2D eigenvalue weighted by Gasteiger charge is -2.11. The summed E-state index contributed by atoms with van der Waals surface area (Å²) in [5.74, 6) is 1.40. The lowest BCUT2D eigenvalue weighted by Crippen LogP contribution is -2.06. The lowest BCUT2D eigenvalue weighted by molar-refractivity contribution is 0.213. The number of nitrogens with zero attached hydrogens (tertiary/aromatic N) is 4. The Labute approximate surface area is 168 Å². The third kappa shape index (κ3) is 3.57. The molecule has 0 amide bonds. The third-order valence-electron chi connectivity index (χ3n) is 4.68. The first kappa shape index (κ1) is 18.7. The predicted octanol–water partition coefficient (Wildman–Crippen LogP) is 4.36. The van der Waals surface area contributed by atoms with E-state index in [1.54, 1.807) is 19.2 Å². The highest BCUT2D eigenvalue weighted by Gasteiger charge is 2.24. The topological polar surface area (TPSA) is 93.5 Å². The van der Waals surface area contributed by atoms with Crippen molar-refractivity contribution in [1.29, 1.82) is 5.26 Å². The summed E-state index contributed by atoms with van der Waals surface area (Å²) in [6, 6.07) is 13.4. The van der Waals surface area contributed by atoms with Gasteiger partial charge in [-0.05, 0) is 50.5 Å². The van der Waals surface area contributed by atoms with Crippen LogP contribution < -0.4 is 4.74 Å². The summed E-state index contributed by atoms with van der Waals surface area (Å²) < 4.78 is 11.2. The Kier molecular flexibility index (Phi) is 5.00. The Morgan fingerprint density at radius 2 is 2.00 bits per heavy atom. The molecule has 0 fully saturated rings. The molecule has 1 heterocycles. The van der Waals surface area contributed by atoms with E-state index in [4.69, 9.17) is 14.1 Å². The average molecular weight is 388 g/mol. The van der Waals surface area contributed by atoms with Crippen molar-refractivity contribution in [1.82, 2.24) is 10.1 Å². The maximum absolute atomic E-state index is 9.44. The Morgan fingerprint density at radius 3 is 2.76 bits per heavy atom. The Balaban J connectivity index is 1.69. The molecule has 2 aromatic carbocycles. The van der Waals surface area contributed by atoms with Crippen LogP contribution in [0.5, 0.6) is 5.75 Å². The van der Waals surface area contributed by atoms with Crippen LogP contribution in [0.3, 0.4) is 0 Å². The SMILES string of the molecule is CON=C1CCc2c1cccc2-c1noc(-c2ccc(OC(C)C)c(C#N)c2)n1. The maximum atomic E-state index is 9.44. The zero-order valence-corrected chi connectivity index (χ0v) is 16.5. The molecule has 0 atom stereocenters. The minimum absolute atomic E-state index is 0.0188. The van der Waals surface area contributed by atoms with Crippen molar-refractivity contribution < 1.29 is 14.1 Å². The molecule has 1 aliphatic rings. The normalized spacial score (nSPS) is 14.1. The smallest absolute Gasteiger partial charge is 0.258 e. The Bertz CT molecular complexity index is 1130. The van der Waals surface area contributed by atoms with Crippen LogP contribution in [0.4, 0.5) is 0 Å². The zero-order chi connectivity index (χ0) is 20.4. The van der Waals surface area contributed by atoms with Gasteiger partial charge in [-0.2, -0.15) is 10.2 Å². The zero-order valence-electron chi connectivity index (χ0n) is 16.5. The molecule has 3 aromatic rings. The summed E-state index contributed by atoms with van der Waals surface area (Å²) in [5.41, 5.74) is 5.13. The van der Waals surface area contributed by atoms with E-state index in [1.807, 2.05) is 38.1 Å². The van der Waals surface area contributed by atoms with Crippen LogP contribution >= 0.6 is 0 Å². The second kappa shape index (κ2) is 7.76. The summed E-state index contributed by atoms with van der Waals surface area (Å²) in [4.78, 5) is 9.51. The molecular weight excluding hydrogens is 368 g/mol. The van der Waals surface area contributed by atoms with Crippen molar-refractivity contribution in [2.45, 2.75) is 32.8 Å². The Morgan fingerprint density at radius 1 is 1.17 bits per heavy atom. The van der Waals surface area contributed by atoms with Crippen LogP contribution in [0.2, 0.25) is 0 Å². The van der Waals surface area contributed by atoms with Gasteiger partial charge in [-0.15, -0.1) is 0 Å². The standard InChI is InChI=1S/C22H20N4O3/c1-13(2)28-20-10-7-14(11-15(20)12-23)22-24-21(26-29-22)18-6-4-5-17-16(18)8-9-19(17)25-27-3/h4-7,10-11,13H,8-9H2,1-3H3. The van der Waals surface area contributed by atoms with Crippen LogP contribution in [0, 0.1) is 11.3 Å². The van der Waals surface area contributed by atoms with Crippen molar-refractivity contribution in [2.24, 2.45) is 5.16 Å². The van der Waals surface area contributed by atoms with E-state index in [0.29, 0.717) is 28.6 Å². The van der Waals surface area contributed by atoms with E-state index in [9.17, 15) is 5.26 Å². The number of nitriles is 1. The summed E-state index contributed by atoms with van der Waals surface area (Å²) in [6.07, 6.45) is 1.64. The highest BCUT2D eigenvalue weighted by molar-refractivity contribution is 6.05. The quantitative estimate of drug-likeness (QED) is 0.603. The van der Waals surface area contributed by atoms with Crippen LogP contribution in [-0.2, 0) is 11.3 Å². The van der Waals surface area contributed by atoms with Crippen LogP contribution in [0.25, 0.3) is 22.8 Å². The van der Waals surface area contributed by atoms with E-state index in [-0.39, 0.29) is 6.10 Å². The van der Waals surface area contributed by atoms with E-state index in [0.717, 1.165) is 35.2 Å². The van der Waals surface area contributed by atoms with Gasteiger partial charge in [0, 0.05) is 16.7 Å². The molecule has 0 aliphatic heterocycles. The first-order valence-electron chi connectivity index (χ1n) is 9.38. The number of hydrogen-bond acceptors (Lipinski definition) is 7. The highest BCUT2D eigenvalue weighted by atomic mass is 16.6. The molecule has 1 aliphatic carbocycles. The fourth-order valence-electron chi connectivity index (χ4n) is 3.48. The molecule has 146 valence electrons. The van der Waals surface area contributed by atoms with Gasteiger partial charge in [0.15, 0.2) is 0 Å². The fraction of sp³-hybridized carbons (Fsp3) is 0.273. The number of rotatable bonds is 5. The van der Waals surface area contributed by atoms with E-state index in [1.165, 1.54) is 0 Å². The molecule has 0 spiro atoms. The number of benzene rings is 2. The van der Waals surface area contributed by atoms with Crippen LogP contribution in [0.1, 0.15) is 37.0 Å². The molecule has 4 rings (SSSR count). The van der Waals surface area contributed by atoms with Crippen LogP contribution in [0.15, 0.2) is 46.1 Å². The third-order valence-corrected chi connectivity index (χ3v) is 4.68. The van der Waals surface area contributed by atoms with Gasteiger partial charge in [-0.1, -0.05) is 28.5 Å². The molecule has 0 saturated carbocycles. The van der Waals surface area contributed by atoms with E-state index >= 15 is 0 Å². The first-order valence-corrected chi connectivity index (χ1v) is 9.38. The number of hydrogen-bond donors (Lipinski definition) is 0. The van der Waals surface area contributed by atoms with Crippen molar-refractivity contribution in [3.8, 4) is 34.7 Å². The number of aromatic nitrogens is 2. The summed E-state index contributed by atoms with van der Waals surface area (Å²) >= 11 is 0.